The summed E-state index contributed by atoms with van der Waals surface area (Å²) in [7, 11) is -3.38. The van der Waals surface area contributed by atoms with Crippen LogP contribution in [-0.2, 0) is 21.2 Å². The molecule has 1 fully saturated rings. The van der Waals surface area contributed by atoms with E-state index in [9.17, 15) is 8.42 Å². The topological polar surface area (TPSA) is 67.9 Å². The average Bonchev–Trinajstić information content (AvgIpc) is 3.34. The lowest BCUT2D eigenvalue weighted by Crippen LogP contribution is -2.38. The predicted molar refractivity (Wildman–Crippen MR) is 136 cm³/mol. The van der Waals surface area contributed by atoms with Crippen molar-refractivity contribution in [3.05, 3.63) is 40.2 Å². The van der Waals surface area contributed by atoms with E-state index in [-0.39, 0.29) is 0 Å². The van der Waals surface area contributed by atoms with E-state index in [0.29, 0.717) is 59.7 Å². The first-order valence-corrected chi connectivity index (χ1v) is 14.3. The lowest BCUT2D eigenvalue weighted by atomic mass is 9.90. The number of piperidine rings is 1. The van der Waals surface area contributed by atoms with Gasteiger partial charge in [-0.15, -0.1) is 11.3 Å². The highest BCUT2D eigenvalue weighted by Crippen LogP contribution is 2.38. The van der Waals surface area contributed by atoms with E-state index in [1.54, 1.807) is 21.8 Å². The lowest BCUT2D eigenvalue weighted by Gasteiger charge is -2.31. The van der Waals surface area contributed by atoms with Gasteiger partial charge in [-0.25, -0.2) is 8.42 Å². The smallest absolute Gasteiger partial charge is 0.252 e. The summed E-state index contributed by atoms with van der Waals surface area (Å²) in [5, 5.41) is 5.87. The number of anilines is 1. The molecule has 1 aromatic carbocycles. The molecule has 6 nitrogen and oxygen atoms in total. The Labute approximate surface area is 207 Å². The van der Waals surface area contributed by atoms with E-state index in [4.69, 9.17) is 21.1 Å². The molecule has 0 aliphatic carbocycles. The molecule has 0 unspecified atom stereocenters. The Hall–Kier alpha value is -1.32. The molecule has 0 saturated carbocycles. The van der Waals surface area contributed by atoms with E-state index < -0.39 is 10.0 Å². The summed E-state index contributed by atoms with van der Waals surface area (Å²) < 4.78 is 39.0. The highest BCUT2D eigenvalue weighted by molar-refractivity contribution is 7.91. The van der Waals surface area contributed by atoms with Gasteiger partial charge >= 0.3 is 0 Å². The number of ether oxygens (including phenoxy) is 2. The molecule has 1 aliphatic rings. The predicted octanol–water partition coefficient (Wildman–Crippen LogP) is 5.53. The van der Waals surface area contributed by atoms with Gasteiger partial charge in [0.2, 0.25) is 0 Å². The number of hydrogen-bond donors (Lipinski definition) is 1. The van der Waals surface area contributed by atoms with Crippen LogP contribution in [0.2, 0.25) is 5.02 Å². The quantitative estimate of drug-likeness (QED) is 0.377. The Kier molecular flexibility index (Phi) is 9.88. The first-order valence-electron chi connectivity index (χ1n) is 11.6. The highest BCUT2D eigenvalue weighted by atomic mass is 35.5. The van der Waals surface area contributed by atoms with Crippen LogP contribution in [0, 0.1) is 11.8 Å². The fraction of sp³-hybridized carbons (Fsp3) is 0.583. The Balaban J connectivity index is 1.66. The zero-order chi connectivity index (χ0) is 23.8. The van der Waals surface area contributed by atoms with Crippen LogP contribution < -0.4 is 10.1 Å². The van der Waals surface area contributed by atoms with Crippen molar-refractivity contribution in [1.82, 2.24) is 4.31 Å². The van der Waals surface area contributed by atoms with Crippen molar-refractivity contribution in [3.63, 3.8) is 0 Å². The molecule has 0 radical (unpaired) electrons. The summed E-state index contributed by atoms with van der Waals surface area (Å²) in [6.45, 7) is 9.77. The molecule has 0 bridgehead atoms. The minimum atomic E-state index is -3.38. The van der Waals surface area contributed by atoms with Crippen molar-refractivity contribution in [3.8, 4) is 5.75 Å². The summed E-state index contributed by atoms with van der Waals surface area (Å²) in [6.07, 6.45) is 2.43. The van der Waals surface area contributed by atoms with Gasteiger partial charge in [0.15, 0.2) is 5.75 Å². The molecule has 184 valence electrons. The second kappa shape index (κ2) is 12.4. The van der Waals surface area contributed by atoms with Gasteiger partial charge in [-0.2, -0.15) is 4.31 Å². The van der Waals surface area contributed by atoms with Crippen LogP contribution in [0.15, 0.2) is 33.9 Å². The monoisotopic (exact) mass is 514 g/mol. The molecule has 0 atom stereocenters. The third kappa shape index (κ3) is 7.09. The van der Waals surface area contributed by atoms with Crippen molar-refractivity contribution >= 4 is 38.6 Å². The molecular weight excluding hydrogens is 480 g/mol. The van der Waals surface area contributed by atoms with Crippen molar-refractivity contribution < 1.29 is 17.9 Å². The zero-order valence-corrected chi connectivity index (χ0v) is 22.1. The van der Waals surface area contributed by atoms with Gasteiger partial charge in [0, 0.05) is 26.2 Å². The maximum atomic E-state index is 12.8. The van der Waals surface area contributed by atoms with Gasteiger partial charge in [-0.3, -0.25) is 0 Å². The van der Waals surface area contributed by atoms with E-state index in [0.717, 1.165) is 37.1 Å². The largest absolute Gasteiger partial charge is 0.487 e. The fourth-order valence-corrected chi connectivity index (χ4v) is 6.81. The SMILES string of the molecule is CCOCCOc1c(NCC(C)C)ccc(CC2CCN(S(=O)(=O)c3cccs3)CC2)c1Cl. The maximum absolute atomic E-state index is 12.8. The molecule has 2 aromatic rings. The minimum Gasteiger partial charge on any atom is -0.487 e. The highest BCUT2D eigenvalue weighted by Gasteiger charge is 2.30. The number of hydrogen-bond acceptors (Lipinski definition) is 6. The second-order valence-electron chi connectivity index (χ2n) is 8.72. The van der Waals surface area contributed by atoms with Crippen molar-refractivity contribution in [1.29, 1.82) is 0 Å². The summed E-state index contributed by atoms with van der Waals surface area (Å²) in [6, 6.07) is 7.55. The van der Waals surface area contributed by atoms with Crippen LogP contribution in [0.3, 0.4) is 0 Å². The first kappa shape index (κ1) is 26.3. The fourth-order valence-electron chi connectivity index (χ4n) is 3.90. The molecule has 9 heteroatoms. The third-order valence-electron chi connectivity index (χ3n) is 5.73. The average molecular weight is 515 g/mol. The van der Waals surface area contributed by atoms with E-state index in [1.165, 1.54) is 11.3 Å². The lowest BCUT2D eigenvalue weighted by molar-refractivity contribution is 0.110. The minimum absolute atomic E-state index is 0.378. The number of rotatable bonds is 12. The maximum Gasteiger partial charge on any atom is 0.252 e. The number of thiophene rings is 1. The van der Waals surface area contributed by atoms with E-state index >= 15 is 0 Å². The van der Waals surface area contributed by atoms with Gasteiger partial charge in [0.25, 0.3) is 10.0 Å². The van der Waals surface area contributed by atoms with Crippen LogP contribution in [0.5, 0.6) is 5.75 Å². The molecule has 33 heavy (non-hydrogen) atoms. The van der Waals surface area contributed by atoms with Gasteiger partial charge in [-0.1, -0.05) is 37.6 Å². The van der Waals surface area contributed by atoms with Crippen molar-refractivity contribution in [2.24, 2.45) is 11.8 Å². The van der Waals surface area contributed by atoms with E-state index in [1.807, 2.05) is 13.0 Å². The van der Waals surface area contributed by atoms with Gasteiger partial charge in [-0.05, 0) is 61.1 Å². The summed E-state index contributed by atoms with van der Waals surface area (Å²) in [4.78, 5) is 0. The summed E-state index contributed by atoms with van der Waals surface area (Å²) in [5.41, 5.74) is 1.93. The van der Waals surface area contributed by atoms with Crippen molar-refractivity contribution in [2.75, 3.05) is 44.8 Å². The number of benzene rings is 1. The van der Waals surface area contributed by atoms with Gasteiger partial charge in [0.05, 0.1) is 17.3 Å². The van der Waals surface area contributed by atoms with Crippen LogP contribution >= 0.6 is 22.9 Å². The molecule has 1 saturated heterocycles. The Morgan fingerprint density at radius 1 is 1.21 bits per heavy atom. The van der Waals surface area contributed by atoms with Gasteiger partial charge < -0.3 is 14.8 Å². The molecule has 2 heterocycles. The van der Waals surface area contributed by atoms with Crippen molar-refractivity contribution in [2.45, 2.75) is 44.2 Å². The number of halogens is 1. The van der Waals surface area contributed by atoms with Gasteiger partial charge in [0.1, 0.15) is 10.8 Å². The molecule has 0 spiro atoms. The van der Waals surface area contributed by atoms with Crippen LogP contribution in [0.25, 0.3) is 0 Å². The van der Waals surface area contributed by atoms with Crippen LogP contribution in [0.1, 0.15) is 39.2 Å². The number of nitrogens with zero attached hydrogens (tertiary/aromatic N) is 1. The van der Waals surface area contributed by atoms with E-state index in [2.05, 4.69) is 25.2 Å². The van der Waals surface area contributed by atoms with Crippen LogP contribution in [-0.4, -0.2) is 52.2 Å². The first-order chi connectivity index (χ1) is 15.8. The third-order valence-corrected chi connectivity index (χ3v) is 9.41. The molecule has 1 N–H and O–H groups in total. The number of nitrogens with one attached hydrogen (secondary N) is 1. The second-order valence-corrected chi connectivity index (χ2v) is 12.2. The Morgan fingerprint density at radius 3 is 2.61 bits per heavy atom. The standard InChI is InChI=1S/C24H35ClN2O4S2/c1-4-30-13-14-31-24-21(26-17-18(2)3)8-7-20(23(24)25)16-19-9-11-27(12-10-19)33(28,29)22-6-5-15-32-22/h5-8,15,18-19,26H,4,9-14,16-17H2,1-3H3. The normalized spacial score (nSPS) is 15.8. The molecule has 0 amide bonds. The molecule has 3 rings (SSSR count). The summed E-state index contributed by atoms with van der Waals surface area (Å²) in [5.74, 6) is 1.55. The molecular formula is C24H35ClN2O4S2. The molecule has 1 aliphatic heterocycles. The number of sulfonamides is 1. The molecule has 1 aromatic heterocycles. The Morgan fingerprint density at radius 2 is 1.97 bits per heavy atom. The Bertz CT molecular complexity index is 973. The zero-order valence-electron chi connectivity index (χ0n) is 19.7. The summed E-state index contributed by atoms with van der Waals surface area (Å²) >= 11 is 8.09. The van der Waals surface area contributed by atoms with Crippen LogP contribution in [0.4, 0.5) is 5.69 Å².